The molecular formula is C15H15N3O4. The number of anilines is 2. The number of para-hydroxylation sites is 2. The van der Waals surface area contributed by atoms with Crippen LogP contribution >= 0.6 is 0 Å². The van der Waals surface area contributed by atoms with Crippen molar-refractivity contribution in [3.63, 3.8) is 0 Å². The molecule has 0 unspecified atom stereocenters. The lowest BCUT2D eigenvalue weighted by molar-refractivity contribution is -0.384. The monoisotopic (exact) mass is 301 g/mol. The highest BCUT2D eigenvalue weighted by Gasteiger charge is 2.09. The number of ether oxygens (including phenoxy) is 1. The van der Waals surface area contributed by atoms with E-state index in [2.05, 4.69) is 10.6 Å². The normalized spacial score (nSPS) is 9.86. The average molecular weight is 301 g/mol. The molecule has 0 saturated heterocycles. The highest BCUT2D eigenvalue weighted by atomic mass is 16.6. The fraction of sp³-hybridized carbons (Fsp3) is 0.133. The minimum Gasteiger partial charge on any atom is -0.492 e. The molecule has 0 spiro atoms. The summed E-state index contributed by atoms with van der Waals surface area (Å²) in [6, 6.07) is 12.2. The van der Waals surface area contributed by atoms with Crippen molar-refractivity contribution >= 4 is 23.1 Å². The molecule has 114 valence electrons. The number of nitrogens with one attached hydrogen (secondary N) is 2. The number of nitro benzene ring substituents is 1. The maximum absolute atomic E-state index is 11.9. The molecule has 0 aliphatic heterocycles. The van der Waals surface area contributed by atoms with E-state index in [1.807, 2.05) is 13.0 Å². The van der Waals surface area contributed by atoms with Gasteiger partial charge in [0.25, 0.3) is 5.69 Å². The SMILES string of the molecule is CCOc1ccccc1NC(=O)Nc1ccc([N+](=O)[O-])cc1. The van der Waals surface area contributed by atoms with Crippen LogP contribution < -0.4 is 15.4 Å². The molecule has 0 saturated carbocycles. The van der Waals surface area contributed by atoms with Gasteiger partial charge in [-0.2, -0.15) is 0 Å². The van der Waals surface area contributed by atoms with E-state index in [1.54, 1.807) is 18.2 Å². The number of hydrogen-bond acceptors (Lipinski definition) is 4. The molecule has 0 aliphatic rings. The Bertz CT molecular complexity index is 671. The highest BCUT2D eigenvalue weighted by Crippen LogP contribution is 2.24. The van der Waals surface area contributed by atoms with Gasteiger partial charge < -0.3 is 15.4 Å². The first-order chi connectivity index (χ1) is 10.6. The first-order valence-corrected chi connectivity index (χ1v) is 6.64. The second-order valence-electron chi connectivity index (χ2n) is 4.31. The molecule has 2 amide bonds. The Balaban J connectivity index is 2.02. The number of amides is 2. The fourth-order valence-corrected chi connectivity index (χ4v) is 1.80. The van der Waals surface area contributed by atoms with Crippen LogP contribution in [0.2, 0.25) is 0 Å². The molecule has 0 fully saturated rings. The number of nitrogens with zero attached hydrogens (tertiary/aromatic N) is 1. The van der Waals surface area contributed by atoms with Crippen molar-refractivity contribution in [1.29, 1.82) is 0 Å². The van der Waals surface area contributed by atoms with Gasteiger partial charge in [0.15, 0.2) is 0 Å². The van der Waals surface area contributed by atoms with Crippen LogP contribution in [0, 0.1) is 10.1 Å². The van der Waals surface area contributed by atoms with Crippen molar-refractivity contribution in [2.75, 3.05) is 17.2 Å². The molecule has 0 atom stereocenters. The second-order valence-corrected chi connectivity index (χ2v) is 4.31. The predicted molar refractivity (Wildman–Crippen MR) is 83.3 cm³/mol. The summed E-state index contributed by atoms with van der Waals surface area (Å²) < 4.78 is 5.41. The summed E-state index contributed by atoms with van der Waals surface area (Å²) in [7, 11) is 0. The smallest absolute Gasteiger partial charge is 0.323 e. The molecule has 0 bridgehead atoms. The Hall–Kier alpha value is -3.09. The molecule has 0 aliphatic carbocycles. The van der Waals surface area contributed by atoms with Gasteiger partial charge in [0.1, 0.15) is 5.75 Å². The van der Waals surface area contributed by atoms with Gasteiger partial charge in [0.2, 0.25) is 0 Å². The topological polar surface area (TPSA) is 93.5 Å². The zero-order chi connectivity index (χ0) is 15.9. The number of nitro groups is 1. The summed E-state index contributed by atoms with van der Waals surface area (Å²) in [5, 5.41) is 15.8. The number of rotatable bonds is 5. The van der Waals surface area contributed by atoms with E-state index in [0.717, 1.165) is 0 Å². The Morgan fingerprint density at radius 1 is 1.14 bits per heavy atom. The van der Waals surface area contributed by atoms with Gasteiger partial charge in [-0.05, 0) is 31.2 Å². The Morgan fingerprint density at radius 3 is 2.45 bits per heavy atom. The van der Waals surface area contributed by atoms with E-state index in [1.165, 1.54) is 24.3 Å². The van der Waals surface area contributed by atoms with Crippen LogP contribution in [0.4, 0.5) is 21.9 Å². The number of carbonyl (C=O) groups excluding carboxylic acids is 1. The van der Waals surface area contributed by atoms with Gasteiger partial charge >= 0.3 is 6.03 Å². The van der Waals surface area contributed by atoms with E-state index >= 15 is 0 Å². The predicted octanol–water partition coefficient (Wildman–Crippen LogP) is 3.64. The third-order valence-electron chi connectivity index (χ3n) is 2.77. The third-order valence-corrected chi connectivity index (χ3v) is 2.77. The van der Waals surface area contributed by atoms with Crippen LogP contribution in [-0.2, 0) is 0 Å². The summed E-state index contributed by atoms with van der Waals surface area (Å²) in [6.45, 7) is 2.34. The first-order valence-electron chi connectivity index (χ1n) is 6.64. The molecule has 7 heteroatoms. The Labute approximate surface area is 127 Å². The number of hydrogen-bond donors (Lipinski definition) is 2. The molecule has 2 aromatic rings. The zero-order valence-corrected chi connectivity index (χ0v) is 11.9. The molecule has 0 aromatic heterocycles. The highest BCUT2D eigenvalue weighted by molar-refractivity contribution is 6.00. The fourth-order valence-electron chi connectivity index (χ4n) is 1.80. The molecule has 22 heavy (non-hydrogen) atoms. The average Bonchev–Trinajstić information content (AvgIpc) is 2.50. The summed E-state index contributed by atoms with van der Waals surface area (Å²) in [5.74, 6) is 0.573. The lowest BCUT2D eigenvalue weighted by Crippen LogP contribution is -2.19. The zero-order valence-electron chi connectivity index (χ0n) is 11.9. The lowest BCUT2D eigenvalue weighted by Gasteiger charge is -2.12. The molecule has 2 N–H and O–H groups in total. The third kappa shape index (κ3) is 3.95. The van der Waals surface area contributed by atoms with Crippen LogP contribution in [0.5, 0.6) is 5.75 Å². The lowest BCUT2D eigenvalue weighted by atomic mass is 10.3. The largest absolute Gasteiger partial charge is 0.492 e. The minimum atomic E-state index is -0.498. The van der Waals surface area contributed by atoms with Gasteiger partial charge in [0.05, 0.1) is 17.2 Å². The number of benzene rings is 2. The maximum Gasteiger partial charge on any atom is 0.323 e. The van der Waals surface area contributed by atoms with Crippen LogP contribution in [0.3, 0.4) is 0 Å². The van der Waals surface area contributed by atoms with E-state index in [0.29, 0.717) is 23.7 Å². The van der Waals surface area contributed by atoms with E-state index < -0.39 is 11.0 Å². The van der Waals surface area contributed by atoms with Crippen molar-refractivity contribution in [2.45, 2.75) is 6.92 Å². The van der Waals surface area contributed by atoms with Crippen molar-refractivity contribution in [2.24, 2.45) is 0 Å². The van der Waals surface area contributed by atoms with Crippen molar-refractivity contribution in [3.8, 4) is 5.75 Å². The quantitative estimate of drug-likeness (QED) is 0.651. The van der Waals surface area contributed by atoms with Crippen LogP contribution in [0.1, 0.15) is 6.92 Å². The second kappa shape index (κ2) is 7.07. The summed E-state index contributed by atoms with van der Waals surface area (Å²) in [5.41, 5.74) is 0.966. The van der Waals surface area contributed by atoms with Gasteiger partial charge in [-0.3, -0.25) is 10.1 Å². The van der Waals surface area contributed by atoms with Crippen molar-refractivity contribution < 1.29 is 14.5 Å². The molecule has 0 radical (unpaired) electrons. The van der Waals surface area contributed by atoms with E-state index in [9.17, 15) is 14.9 Å². The summed E-state index contributed by atoms with van der Waals surface area (Å²) in [4.78, 5) is 22.0. The van der Waals surface area contributed by atoms with Gasteiger partial charge in [-0.15, -0.1) is 0 Å². The Kier molecular flexibility index (Phi) is 4.92. The molecular weight excluding hydrogens is 286 g/mol. The van der Waals surface area contributed by atoms with Gasteiger partial charge in [-0.25, -0.2) is 4.79 Å². The van der Waals surface area contributed by atoms with E-state index in [4.69, 9.17) is 4.74 Å². The standard InChI is InChI=1S/C15H15N3O4/c1-2-22-14-6-4-3-5-13(14)17-15(19)16-11-7-9-12(10-8-11)18(20)21/h3-10H,2H2,1H3,(H2,16,17,19). The minimum absolute atomic E-state index is 0.0346. The maximum atomic E-state index is 11.9. The van der Waals surface area contributed by atoms with Crippen LogP contribution in [0.25, 0.3) is 0 Å². The molecule has 7 nitrogen and oxygen atoms in total. The Morgan fingerprint density at radius 2 is 1.82 bits per heavy atom. The number of carbonyl (C=O) groups is 1. The van der Waals surface area contributed by atoms with Crippen LogP contribution in [-0.4, -0.2) is 17.6 Å². The molecule has 2 rings (SSSR count). The van der Waals surface area contributed by atoms with Crippen LogP contribution in [0.15, 0.2) is 48.5 Å². The van der Waals surface area contributed by atoms with E-state index in [-0.39, 0.29) is 5.69 Å². The number of non-ortho nitro benzene ring substituents is 1. The summed E-state index contributed by atoms with van der Waals surface area (Å²) >= 11 is 0. The van der Waals surface area contributed by atoms with Gasteiger partial charge in [-0.1, -0.05) is 12.1 Å². The molecule has 0 heterocycles. The summed E-state index contributed by atoms with van der Waals surface area (Å²) in [6.07, 6.45) is 0. The van der Waals surface area contributed by atoms with Gasteiger partial charge in [0, 0.05) is 17.8 Å². The van der Waals surface area contributed by atoms with Crippen molar-refractivity contribution in [1.82, 2.24) is 0 Å². The first kappa shape index (κ1) is 15.3. The molecule has 2 aromatic carbocycles. The van der Waals surface area contributed by atoms with Crippen molar-refractivity contribution in [3.05, 3.63) is 58.6 Å². The number of urea groups is 1.